The molecule has 1 amide bonds. The molecule has 9 heteroatoms. The number of carbonyl (C=O) groups excluding carboxylic acids is 1. The molecule has 0 bridgehead atoms. The number of pyridine rings is 1. The van der Waals surface area contributed by atoms with E-state index in [1.54, 1.807) is 22.9 Å². The van der Waals surface area contributed by atoms with Gasteiger partial charge in [-0.05, 0) is 57.9 Å². The van der Waals surface area contributed by atoms with Crippen LogP contribution in [0.25, 0.3) is 16.6 Å². The van der Waals surface area contributed by atoms with Crippen LogP contribution < -0.4 is 10.2 Å². The van der Waals surface area contributed by atoms with E-state index in [1.165, 1.54) is 19.2 Å². The molecule has 0 radical (unpaired) electrons. The zero-order valence-electron chi connectivity index (χ0n) is 20.5. The second-order valence-electron chi connectivity index (χ2n) is 9.85. The van der Waals surface area contributed by atoms with Gasteiger partial charge in [-0.25, -0.2) is 15.0 Å². The largest absolute Gasteiger partial charge is 0.371 e. The highest BCUT2D eigenvalue weighted by Gasteiger charge is 2.33. The van der Waals surface area contributed by atoms with Crippen molar-refractivity contribution in [1.82, 2.24) is 24.3 Å². The lowest BCUT2D eigenvalue weighted by molar-refractivity contribution is 0.102. The normalized spacial score (nSPS) is 16.6. The number of imidazole rings is 1. The van der Waals surface area contributed by atoms with Crippen LogP contribution in [0.15, 0.2) is 43.1 Å². The van der Waals surface area contributed by atoms with E-state index in [4.69, 9.17) is 0 Å². The van der Waals surface area contributed by atoms with Gasteiger partial charge in [-0.15, -0.1) is 0 Å². The Balaban J connectivity index is 1.27. The Morgan fingerprint density at radius 3 is 2.69 bits per heavy atom. The lowest BCUT2D eigenvalue weighted by atomic mass is 10.0. The van der Waals surface area contributed by atoms with Crippen LogP contribution in [0.5, 0.6) is 0 Å². The molecule has 182 valence electrons. The summed E-state index contributed by atoms with van der Waals surface area (Å²) in [5.74, 6) is -0.282. The molecule has 1 aromatic carbocycles. The van der Waals surface area contributed by atoms with Gasteiger partial charge in [0.15, 0.2) is 5.65 Å². The number of rotatable bonds is 5. The van der Waals surface area contributed by atoms with Gasteiger partial charge in [-0.2, -0.15) is 5.26 Å². The molecule has 1 aliphatic carbocycles. The van der Waals surface area contributed by atoms with E-state index in [0.717, 1.165) is 48.7 Å². The first-order valence-electron chi connectivity index (χ1n) is 12.4. The van der Waals surface area contributed by atoms with Crippen molar-refractivity contribution in [2.24, 2.45) is 0 Å². The number of hydrogen-bond donors (Lipinski definition) is 1. The minimum Gasteiger partial charge on any atom is -0.371 e. The Labute approximate surface area is 209 Å². The van der Waals surface area contributed by atoms with E-state index >= 15 is 0 Å². The summed E-state index contributed by atoms with van der Waals surface area (Å²) in [5.41, 5.74) is 4.46. The maximum Gasteiger partial charge on any atom is 0.257 e. The van der Waals surface area contributed by atoms with Crippen LogP contribution in [-0.4, -0.2) is 62.4 Å². The van der Waals surface area contributed by atoms with Crippen molar-refractivity contribution in [2.45, 2.75) is 44.7 Å². The number of nitriles is 1. The summed E-state index contributed by atoms with van der Waals surface area (Å²) in [6.07, 6.45) is 11.8. The molecule has 1 N–H and O–H groups in total. The highest BCUT2D eigenvalue weighted by molar-refractivity contribution is 6.13. The molecular weight excluding hydrogens is 452 g/mol. The molecule has 3 aromatic heterocycles. The standard InChI is InChI=1S/C27H28N8O/c1-17-14-35-15-19(11-18(12-28)26(35)31-17)32-27(36)22-5-6-24(23-13-29-16-30-25(22)23)34-9-7-21(8-10-34)33(2)20-3-4-20/h5-6,11,13-16,20-21H,3-4,7-10H2,1-2H3,(H,32,36). The molecule has 9 nitrogen and oxygen atoms in total. The van der Waals surface area contributed by atoms with Gasteiger partial charge in [0.1, 0.15) is 12.4 Å². The predicted molar refractivity (Wildman–Crippen MR) is 138 cm³/mol. The Bertz CT molecular complexity index is 1510. The molecule has 2 aliphatic rings. The number of carbonyl (C=O) groups is 1. The Hall–Kier alpha value is -4.03. The Morgan fingerprint density at radius 2 is 1.94 bits per heavy atom. The van der Waals surface area contributed by atoms with E-state index in [0.29, 0.717) is 34.0 Å². The highest BCUT2D eigenvalue weighted by atomic mass is 16.1. The summed E-state index contributed by atoms with van der Waals surface area (Å²) >= 11 is 0. The molecule has 1 aliphatic heterocycles. The maximum absolute atomic E-state index is 13.3. The van der Waals surface area contributed by atoms with Crippen molar-refractivity contribution >= 4 is 33.8 Å². The highest BCUT2D eigenvalue weighted by Crippen LogP contribution is 2.34. The molecule has 4 aromatic rings. The number of nitrogens with one attached hydrogen (secondary N) is 1. The molecule has 1 saturated heterocycles. The fourth-order valence-corrected chi connectivity index (χ4v) is 5.39. The van der Waals surface area contributed by atoms with E-state index < -0.39 is 0 Å². The lowest BCUT2D eigenvalue weighted by Gasteiger charge is -2.38. The number of nitrogens with zero attached hydrogens (tertiary/aromatic N) is 7. The summed E-state index contributed by atoms with van der Waals surface area (Å²) in [4.78, 5) is 31.4. The van der Waals surface area contributed by atoms with Gasteiger partial charge in [0.25, 0.3) is 5.91 Å². The van der Waals surface area contributed by atoms with Crippen LogP contribution in [0, 0.1) is 18.3 Å². The second-order valence-corrected chi connectivity index (χ2v) is 9.85. The summed E-state index contributed by atoms with van der Waals surface area (Å²) in [7, 11) is 2.26. The summed E-state index contributed by atoms with van der Waals surface area (Å²) in [6, 6.07) is 9.07. The van der Waals surface area contributed by atoms with E-state index in [9.17, 15) is 10.1 Å². The Morgan fingerprint density at radius 1 is 1.17 bits per heavy atom. The number of hydrogen-bond acceptors (Lipinski definition) is 7. The number of benzene rings is 1. The molecule has 1 saturated carbocycles. The van der Waals surface area contributed by atoms with Crippen molar-refractivity contribution in [3.63, 3.8) is 0 Å². The molecule has 4 heterocycles. The van der Waals surface area contributed by atoms with Gasteiger partial charge in [-0.1, -0.05) is 0 Å². The van der Waals surface area contributed by atoms with Gasteiger partial charge < -0.3 is 19.5 Å². The topological polar surface area (TPSA) is 102 Å². The number of fused-ring (bicyclic) bond motifs is 2. The van der Waals surface area contributed by atoms with Gasteiger partial charge in [-0.3, -0.25) is 4.79 Å². The third-order valence-electron chi connectivity index (χ3n) is 7.45. The molecule has 0 atom stereocenters. The minimum atomic E-state index is -0.282. The summed E-state index contributed by atoms with van der Waals surface area (Å²) < 4.78 is 1.76. The summed E-state index contributed by atoms with van der Waals surface area (Å²) in [5, 5.41) is 13.4. The van der Waals surface area contributed by atoms with E-state index in [2.05, 4.69) is 43.2 Å². The lowest BCUT2D eigenvalue weighted by Crippen LogP contribution is -2.44. The van der Waals surface area contributed by atoms with E-state index in [1.807, 2.05) is 25.3 Å². The van der Waals surface area contributed by atoms with Crippen molar-refractivity contribution in [1.29, 1.82) is 5.26 Å². The number of aromatic nitrogens is 4. The van der Waals surface area contributed by atoms with Gasteiger partial charge in [0.2, 0.25) is 0 Å². The number of aryl methyl sites for hydroxylation is 1. The second kappa shape index (κ2) is 8.88. The van der Waals surface area contributed by atoms with Gasteiger partial charge in [0.05, 0.1) is 28.0 Å². The third-order valence-corrected chi connectivity index (χ3v) is 7.45. The zero-order valence-corrected chi connectivity index (χ0v) is 20.5. The van der Waals surface area contributed by atoms with Crippen molar-refractivity contribution in [2.75, 3.05) is 30.4 Å². The van der Waals surface area contributed by atoms with Crippen molar-refractivity contribution < 1.29 is 4.79 Å². The zero-order chi connectivity index (χ0) is 24.8. The Kier molecular flexibility index (Phi) is 5.53. The first-order valence-corrected chi connectivity index (χ1v) is 12.4. The average Bonchev–Trinajstić information content (AvgIpc) is 3.68. The van der Waals surface area contributed by atoms with Gasteiger partial charge >= 0.3 is 0 Å². The fraction of sp³-hybridized carbons (Fsp3) is 0.370. The first kappa shape index (κ1) is 22.4. The van der Waals surface area contributed by atoms with Crippen LogP contribution in [0.1, 0.15) is 47.3 Å². The SMILES string of the molecule is Cc1cn2cc(NC(=O)c3ccc(N4CCC(N(C)C5CC5)CC4)c4cncnc34)cc(C#N)c2n1. The van der Waals surface area contributed by atoms with Crippen LogP contribution in [0.4, 0.5) is 11.4 Å². The quantitative estimate of drug-likeness (QED) is 0.464. The van der Waals surface area contributed by atoms with Crippen LogP contribution in [0.2, 0.25) is 0 Å². The van der Waals surface area contributed by atoms with Crippen LogP contribution >= 0.6 is 0 Å². The van der Waals surface area contributed by atoms with Gasteiger partial charge in [0, 0.05) is 54.8 Å². The molecule has 6 rings (SSSR count). The average molecular weight is 481 g/mol. The summed E-state index contributed by atoms with van der Waals surface area (Å²) in [6.45, 7) is 3.81. The van der Waals surface area contributed by atoms with Crippen LogP contribution in [-0.2, 0) is 0 Å². The van der Waals surface area contributed by atoms with Crippen molar-refractivity contribution in [3.05, 3.63) is 59.9 Å². The monoisotopic (exact) mass is 480 g/mol. The van der Waals surface area contributed by atoms with Crippen molar-refractivity contribution in [3.8, 4) is 6.07 Å². The number of piperidine rings is 1. The molecular formula is C27H28N8O. The number of anilines is 2. The smallest absolute Gasteiger partial charge is 0.257 e. The third kappa shape index (κ3) is 4.03. The minimum absolute atomic E-state index is 0.282. The maximum atomic E-state index is 13.3. The number of amides is 1. The van der Waals surface area contributed by atoms with E-state index in [-0.39, 0.29) is 5.91 Å². The molecule has 2 fully saturated rings. The van der Waals surface area contributed by atoms with Crippen LogP contribution in [0.3, 0.4) is 0 Å². The predicted octanol–water partition coefficient (Wildman–Crippen LogP) is 3.77. The fourth-order valence-electron chi connectivity index (χ4n) is 5.39. The molecule has 36 heavy (non-hydrogen) atoms. The first-order chi connectivity index (χ1) is 17.5. The molecule has 0 unspecified atom stereocenters. The molecule has 0 spiro atoms.